The number of hydrogen-bond acceptors (Lipinski definition) is 5. The van der Waals surface area contributed by atoms with Crippen LogP contribution in [0.25, 0.3) is 0 Å². The van der Waals surface area contributed by atoms with Crippen molar-refractivity contribution in [2.24, 2.45) is 0 Å². The third kappa shape index (κ3) is 3.10. The molecular weight excluding hydrogens is 284 g/mol. The first-order valence-electron chi connectivity index (χ1n) is 5.56. The lowest BCUT2D eigenvalue weighted by Gasteiger charge is -2.06. The molecule has 0 aliphatic carbocycles. The Hall–Kier alpha value is -2.47. The second kappa shape index (κ2) is 5.66. The third-order valence-electron chi connectivity index (χ3n) is 2.45. The summed E-state index contributed by atoms with van der Waals surface area (Å²) in [6, 6.07) is 7.15. The Morgan fingerprint density at radius 1 is 1.30 bits per heavy atom. The molecule has 2 aromatic rings. The van der Waals surface area contributed by atoms with Gasteiger partial charge >= 0.3 is 0 Å². The molecule has 102 valence electrons. The Morgan fingerprint density at radius 3 is 2.50 bits per heavy atom. The molecule has 2 rings (SSSR count). The van der Waals surface area contributed by atoms with Gasteiger partial charge in [0.2, 0.25) is 0 Å². The number of nitrogens with zero attached hydrogens (tertiary/aromatic N) is 2. The first kappa shape index (κ1) is 14.0. The van der Waals surface area contributed by atoms with Crippen molar-refractivity contribution in [3.8, 4) is 11.5 Å². The molecule has 0 bridgehead atoms. The number of ether oxygens (including phenoxy) is 1. The summed E-state index contributed by atoms with van der Waals surface area (Å²) in [5, 5.41) is 10.6. The number of carbonyl (C=O) groups excluding carboxylic acids is 1. The maximum Gasteiger partial charge on any atom is 0.288 e. The molecule has 1 heterocycles. The second-order valence-electron chi connectivity index (χ2n) is 3.91. The minimum Gasteiger partial charge on any atom is -0.456 e. The molecule has 0 spiro atoms. The number of nitro groups is 1. The average molecular weight is 293 g/mol. The SMILES string of the molecule is CC(=O)c1ccc(Oc2ccc([N+](=O)[O-])c(Cl)c2)cn1. The highest BCUT2D eigenvalue weighted by Crippen LogP contribution is 2.30. The third-order valence-corrected chi connectivity index (χ3v) is 2.75. The summed E-state index contributed by atoms with van der Waals surface area (Å²) in [5.41, 5.74) is 0.142. The molecule has 6 nitrogen and oxygen atoms in total. The number of hydrogen-bond donors (Lipinski definition) is 0. The molecular formula is C13H9ClN2O4. The van der Waals surface area contributed by atoms with Gasteiger partial charge in [-0.15, -0.1) is 0 Å². The van der Waals surface area contributed by atoms with Gasteiger partial charge < -0.3 is 4.74 Å². The Kier molecular flexibility index (Phi) is 3.95. The summed E-state index contributed by atoms with van der Waals surface area (Å²) in [5.74, 6) is 0.604. The van der Waals surface area contributed by atoms with Crippen molar-refractivity contribution in [3.05, 3.63) is 57.4 Å². The molecule has 20 heavy (non-hydrogen) atoms. The van der Waals surface area contributed by atoms with Crippen LogP contribution in [0, 0.1) is 10.1 Å². The van der Waals surface area contributed by atoms with Gasteiger partial charge in [0.25, 0.3) is 5.69 Å². The molecule has 0 aliphatic heterocycles. The topological polar surface area (TPSA) is 82.3 Å². The van der Waals surface area contributed by atoms with E-state index in [1.54, 1.807) is 6.07 Å². The first-order valence-corrected chi connectivity index (χ1v) is 5.94. The van der Waals surface area contributed by atoms with Crippen molar-refractivity contribution in [2.75, 3.05) is 0 Å². The van der Waals surface area contributed by atoms with Gasteiger partial charge in [0, 0.05) is 19.1 Å². The van der Waals surface area contributed by atoms with Crippen molar-refractivity contribution in [3.63, 3.8) is 0 Å². The lowest BCUT2D eigenvalue weighted by atomic mass is 10.2. The zero-order chi connectivity index (χ0) is 14.7. The number of Topliss-reactive ketones (excluding diaryl/α,β-unsaturated/α-hetero) is 1. The molecule has 1 aromatic carbocycles. The lowest BCUT2D eigenvalue weighted by molar-refractivity contribution is -0.384. The van der Waals surface area contributed by atoms with Crippen molar-refractivity contribution in [2.45, 2.75) is 6.92 Å². The molecule has 0 N–H and O–H groups in total. The quantitative estimate of drug-likeness (QED) is 0.488. The van der Waals surface area contributed by atoms with E-state index in [0.29, 0.717) is 17.2 Å². The van der Waals surface area contributed by atoms with Gasteiger partial charge in [-0.2, -0.15) is 0 Å². The maximum atomic E-state index is 11.1. The van der Waals surface area contributed by atoms with Crippen LogP contribution in [0.4, 0.5) is 5.69 Å². The Morgan fingerprint density at radius 2 is 2.00 bits per heavy atom. The summed E-state index contributed by atoms with van der Waals surface area (Å²) in [6.07, 6.45) is 1.39. The summed E-state index contributed by atoms with van der Waals surface area (Å²) in [4.78, 5) is 25.1. The fraction of sp³-hybridized carbons (Fsp3) is 0.0769. The van der Waals surface area contributed by atoms with Crippen molar-refractivity contribution in [1.29, 1.82) is 0 Å². The minimum absolute atomic E-state index is 0.0131. The summed E-state index contributed by atoms with van der Waals surface area (Å²) in [7, 11) is 0. The monoisotopic (exact) mass is 292 g/mol. The number of benzene rings is 1. The number of rotatable bonds is 4. The Bertz CT molecular complexity index is 671. The molecule has 0 atom stereocenters. The minimum atomic E-state index is -0.574. The van der Waals surface area contributed by atoms with Crippen molar-refractivity contribution >= 4 is 23.1 Å². The predicted molar refractivity (Wildman–Crippen MR) is 72.4 cm³/mol. The summed E-state index contributed by atoms with van der Waals surface area (Å²) in [6.45, 7) is 1.42. The summed E-state index contributed by atoms with van der Waals surface area (Å²) < 4.78 is 5.45. The zero-order valence-electron chi connectivity index (χ0n) is 10.4. The van der Waals surface area contributed by atoms with Crippen LogP contribution in [0.5, 0.6) is 11.5 Å². The predicted octanol–water partition coefficient (Wildman–Crippen LogP) is 3.64. The van der Waals surface area contributed by atoms with Gasteiger partial charge in [-0.3, -0.25) is 14.9 Å². The van der Waals surface area contributed by atoms with Gasteiger partial charge in [-0.25, -0.2) is 4.98 Å². The van der Waals surface area contributed by atoms with E-state index in [9.17, 15) is 14.9 Å². The second-order valence-corrected chi connectivity index (χ2v) is 4.31. The van der Waals surface area contributed by atoms with Gasteiger partial charge in [0.15, 0.2) is 5.78 Å². The molecule has 0 saturated carbocycles. The Labute approximate surface area is 119 Å². The van der Waals surface area contributed by atoms with Crippen LogP contribution in [0.3, 0.4) is 0 Å². The molecule has 0 radical (unpaired) electrons. The van der Waals surface area contributed by atoms with Crippen LogP contribution in [-0.2, 0) is 0 Å². The zero-order valence-corrected chi connectivity index (χ0v) is 11.1. The van der Waals surface area contributed by atoms with Gasteiger partial charge in [-0.05, 0) is 18.2 Å². The van der Waals surface area contributed by atoms with E-state index in [2.05, 4.69) is 4.98 Å². The smallest absolute Gasteiger partial charge is 0.288 e. The van der Waals surface area contributed by atoms with E-state index in [1.165, 1.54) is 37.4 Å². The molecule has 1 aromatic heterocycles. The van der Waals surface area contributed by atoms with E-state index in [1.807, 2.05) is 0 Å². The summed E-state index contributed by atoms with van der Waals surface area (Å²) >= 11 is 5.78. The average Bonchev–Trinajstić information content (AvgIpc) is 2.39. The number of pyridine rings is 1. The standard InChI is InChI=1S/C13H9ClN2O4/c1-8(17)12-4-2-10(7-15-12)20-9-3-5-13(16(18)19)11(14)6-9/h2-7H,1H3. The van der Waals surface area contributed by atoms with Crippen molar-refractivity contribution < 1.29 is 14.5 Å². The van der Waals surface area contributed by atoms with Crippen molar-refractivity contribution in [1.82, 2.24) is 4.98 Å². The highest BCUT2D eigenvalue weighted by molar-refractivity contribution is 6.32. The van der Waals surface area contributed by atoms with E-state index < -0.39 is 4.92 Å². The first-order chi connectivity index (χ1) is 9.47. The van der Waals surface area contributed by atoms with E-state index in [0.717, 1.165) is 0 Å². The Balaban J connectivity index is 2.19. The maximum absolute atomic E-state index is 11.1. The molecule has 0 fully saturated rings. The van der Waals surface area contributed by atoms with Gasteiger partial charge in [0.05, 0.1) is 11.1 Å². The van der Waals surface area contributed by atoms with Gasteiger partial charge in [-0.1, -0.05) is 11.6 Å². The molecule has 0 amide bonds. The molecule has 0 unspecified atom stereocenters. The molecule has 0 aliphatic rings. The van der Waals surface area contributed by atoms with E-state index in [4.69, 9.17) is 16.3 Å². The van der Waals surface area contributed by atoms with Crippen LogP contribution >= 0.6 is 11.6 Å². The lowest BCUT2D eigenvalue weighted by Crippen LogP contribution is -1.96. The number of aromatic nitrogens is 1. The van der Waals surface area contributed by atoms with Crippen LogP contribution in [0.15, 0.2) is 36.5 Å². The largest absolute Gasteiger partial charge is 0.456 e. The van der Waals surface area contributed by atoms with Crippen LogP contribution in [-0.4, -0.2) is 15.7 Å². The van der Waals surface area contributed by atoms with Crippen LogP contribution in [0.1, 0.15) is 17.4 Å². The fourth-order valence-electron chi connectivity index (χ4n) is 1.48. The van der Waals surface area contributed by atoms with Crippen LogP contribution < -0.4 is 4.74 Å². The van der Waals surface area contributed by atoms with Crippen LogP contribution in [0.2, 0.25) is 5.02 Å². The molecule has 0 saturated heterocycles. The normalized spacial score (nSPS) is 10.1. The fourth-order valence-corrected chi connectivity index (χ4v) is 1.72. The number of nitro benzene ring substituents is 1. The number of halogens is 1. The number of carbonyl (C=O) groups is 1. The van der Waals surface area contributed by atoms with E-state index in [-0.39, 0.29) is 16.5 Å². The molecule has 7 heteroatoms. The highest BCUT2D eigenvalue weighted by atomic mass is 35.5. The number of ketones is 1. The van der Waals surface area contributed by atoms with Gasteiger partial charge in [0.1, 0.15) is 22.2 Å². The van der Waals surface area contributed by atoms with E-state index >= 15 is 0 Å². The highest BCUT2D eigenvalue weighted by Gasteiger charge is 2.13.